The first-order chi connectivity index (χ1) is 11.7. The molecular weight excluding hydrogens is 330 g/mol. The van der Waals surface area contributed by atoms with E-state index in [-0.39, 0.29) is 25.0 Å². The number of aromatic nitrogens is 2. The fraction of sp³-hybridized carbons (Fsp3) is 0.500. The highest BCUT2D eigenvalue weighted by molar-refractivity contribution is 7.08. The van der Waals surface area contributed by atoms with Crippen LogP contribution in [-0.4, -0.2) is 34.7 Å². The summed E-state index contributed by atoms with van der Waals surface area (Å²) in [6.07, 6.45) is 4.68. The molecule has 8 heteroatoms. The fourth-order valence-electron chi connectivity index (χ4n) is 2.63. The Morgan fingerprint density at radius 3 is 2.96 bits per heavy atom. The SMILES string of the molecule is O=C(COC(=O)CCc1nc(-c2ccsc2)no1)NC1CCCC1. The van der Waals surface area contributed by atoms with Crippen molar-refractivity contribution in [1.29, 1.82) is 0 Å². The van der Waals surface area contributed by atoms with Gasteiger partial charge in [-0.2, -0.15) is 16.3 Å². The Morgan fingerprint density at radius 1 is 1.38 bits per heavy atom. The highest BCUT2D eigenvalue weighted by atomic mass is 32.1. The van der Waals surface area contributed by atoms with Gasteiger partial charge >= 0.3 is 5.97 Å². The minimum absolute atomic E-state index is 0.0992. The van der Waals surface area contributed by atoms with Crippen molar-refractivity contribution in [2.45, 2.75) is 44.6 Å². The Morgan fingerprint density at radius 2 is 2.21 bits per heavy atom. The molecule has 0 spiro atoms. The average molecular weight is 349 g/mol. The van der Waals surface area contributed by atoms with E-state index < -0.39 is 5.97 Å². The minimum Gasteiger partial charge on any atom is -0.456 e. The molecule has 0 unspecified atom stereocenters. The van der Waals surface area contributed by atoms with Crippen LogP contribution < -0.4 is 5.32 Å². The van der Waals surface area contributed by atoms with Crippen LogP contribution in [-0.2, 0) is 20.7 Å². The molecule has 0 saturated heterocycles. The monoisotopic (exact) mass is 349 g/mol. The van der Waals surface area contributed by atoms with E-state index in [1.807, 2.05) is 16.8 Å². The van der Waals surface area contributed by atoms with Crippen molar-refractivity contribution in [3.8, 4) is 11.4 Å². The fourth-order valence-corrected chi connectivity index (χ4v) is 3.27. The molecule has 1 fully saturated rings. The minimum atomic E-state index is -0.452. The number of hydrogen-bond donors (Lipinski definition) is 1. The van der Waals surface area contributed by atoms with E-state index in [9.17, 15) is 9.59 Å². The quantitative estimate of drug-likeness (QED) is 0.771. The molecule has 1 amide bonds. The summed E-state index contributed by atoms with van der Waals surface area (Å²) in [5.41, 5.74) is 0.890. The van der Waals surface area contributed by atoms with Gasteiger partial charge in [-0.05, 0) is 24.3 Å². The summed E-state index contributed by atoms with van der Waals surface area (Å²) in [6.45, 7) is -0.237. The highest BCUT2D eigenvalue weighted by Gasteiger charge is 2.18. The third kappa shape index (κ3) is 4.64. The summed E-state index contributed by atoms with van der Waals surface area (Å²) in [5.74, 6) is 0.193. The average Bonchev–Trinajstić information content (AvgIpc) is 3.31. The van der Waals surface area contributed by atoms with Crippen LogP contribution in [0.3, 0.4) is 0 Å². The van der Waals surface area contributed by atoms with Crippen LogP contribution in [0.15, 0.2) is 21.3 Å². The van der Waals surface area contributed by atoms with Gasteiger partial charge in [0.1, 0.15) is 0 Å². The number of aryl methyl sites for hydroxylation is 1. The molecule has 2 aromatic rings. The molecule has 3 rings (SSSR count). The van der Waals surface area contributed by atoms with Gasteiger partial charge < -0.3 is 14.6 Å². The maximum Gasteiger partial charge on any atom is 0.306 e. The standard InChI is InChI=1S/C16H19N3O4S/c20-13(17-12-3-1-2-4-12)9-22-15(21)6-5-14-18-16(19-23-14)11-7-8-24-10-11/h7-8,10,12H,1-6,9H2,(H,17,20). The topological polar surface area (TPSA) is 94.3 Å². The van der Waals surface area contributed by atoms with E-state index in [4.69, 9.17) is 9.26 Å². The molecule has 0 bridgehead atoms. The molecule has 1 N–H and O–H groups in total. The summed E-state index contributed by atoms with van der Waals surface area (Å²) >= 11 is 1.55. The van der Waals surface area contributed by atoms with Crippen molar-refractivity contribution in [3.05, 3.63) is 22.7 Å². The smallest absolute Gasteiger partial charge is 0.306 e. The normalized spacial score (nSPS) is 14.7. The van der Waals surface area contributed by atoms with Crippen LogP contribution in [0.5, 0.6) is 0 Å². The molecule has 7 nitrogen and oxygen atoms in total. The Balaban J connectivity index is 1.37. The van der Waals surface area contributed by atoms with Crippen molar-refractivity contribution < 1.29 is 18.8 Å². The van der Waals surface area contributed by atoms with Crippen LogP contribution in [0.1, 0.15) is 38.0 Å². The first-order valence-electron chi connectivity index (χ1n) is 8.01. The number of carbonyl (C=O) groups excluding carboxylic acids is 2. The van der Waals surface area contributed by atoms with Gasteiger partial charge in [-0.1, -0.05) is 18.0 Å². The third-order valence-electron chi connectivity index (χ3n) is 3.87. The van der Waals surface area contributed by atoms with E-state index >= 15 is 0 Å². The van der Waals surface area contributed by atoms with Gasteiger partial charge in [0.2, 0.25) is 11.7 Å². The first-order valence-corrected chi connectivity index (χ1v) is 8.95. The van der Waals surface area contributed by atoms with Gasteiger partial charge in [-0.15, -0.1) is 0 Å². The molecule has 1 aliphatic carbocycles. The molecule has 24 heavy (non-hydrogen) atoms. The van der Waals surface area contributed by atoms with Gasteiger partial charge in [0.15, 0.2) is 6.61 Å². The van der Waals surface area contributed by atoms with E-state index in [2.05, 4.69) is 15.5 Å². The summed E-state index contributed by atoms with van der Waals surface area (Å²) in [5, 5.41) is 10.6. The lowest BCUT2D eigenvalue weighted by molar-refractivity contribution is -0.148. The van der Waals surface area contributed by atoms with E-state index in [0.717, 1.165) is 31.2 Å². The number of esters is 1. The van der Waals surface area contributed by atoms with Gasteiger partial charge in [-0.25, -0.2) is 0 Å². The van der Waals surface area contributed by atoms with Crippen LogP contribution >= 0.6 is 11.3 Å². The molecule has 1 saturated carbocycles. The zero-order valence-electron chi connectivity index (χ0n) is 13.2. The molecule has 0 atom stereocenters. The zero-order chi connectivity index (χ0) is 16.8. The molecular formula is C16H19N3O4S. The van der Waals surface area contributed by atoms with Crippen molar-refractivity contribution in [1.82, 2.24) is 15.5 Å². The van der Waals surface area contributed by atoms with E-state index in [0.29, 0.717) is 18.1 Å². The van der Waals surface area contributed by atoms with E-state index in [1.165, 1.54) is 0 Å². The Hall–Kier alpha value is -2.22. The Labute approximate surface area is 143 Å². The second kappa shape index (κ2) is 8.05. The number of nitrogens with one attached hydrogen (secondary N) is 1. The van der Waals surface area contributed by atoms with Crippen molar-refractivity contribution in [2.24, 2.45) is 0 Å². The van der Waals surface area contributed by atoms with Crippen molar-refractivity contribution in [2.75, 3.05) is 6.61 Å². The predicted octanol–water partition coefficient (Wildman–Crippen LogP) is 2.33. The predicted molar refractivity (Wildman–Crippen MR) is 87.3 cm³/mol. The number of rotatable bonds is 7. The van der Waals surface area contributed by atoms with Gasteiger partial charge in [0, 0.05) is 23.4 Å². The largest absolute Gasteiger partial charge is 0.456 e. The number of thiophene rings is 1. The van der Waals surface area contributed by atoms with Crippen molar-refractivity contribution in [3.63, 3.8) is 0 Å². The van der Waals surface area contributed by atoms with Gasteiger partial charge in [-0.3, -0.25) is 9.59 Å². The summed E-state index contributed by atoms with van der Waals surface area (Å²) in [6, 6.07) is 2.13. The lowest BCUT2D eigenvalue weighted by atomic mass is 10.2. The Kier molecular flexibility index (Phi) is 5.58. The van der Waals surface area contributed by atoms with Crippen LogP contribution in [0, 0.1) is 0 Å². The maximum absolute atomic E-state index is 11.7. The molecule has 2 aromatic heterocycles. The van der Waals surface area contributed by atoms with Gasteiger partial charge in [0.25, 0.3) is 5.91 Å². The molecule has 0 radical (unpaired) electrons. The summed E-state index contributed by atoms with van der Waals surface area (Å²) in [7, 11) is 0. The second-order valence-corrected chi connectivity index (χ2v) is 6.51. The highest BCUT2D eigenvalue weighted by Crippen LogP contribution is 2.19. The number of nitrogens with zero attached hydrogens (tertiary/aromatic N) is 2. The first kappa shape index (κ1) is 16.6. The molecule has 0 aliphatic heterocycles. The summed E-state index contributed by atoms with van der Waals surface area (Å²) < 4.78 is 10.1. The van der Waals surface area contributed by atoms with E-state index in [1.54, 1.807) is 11.3 Å². The molecule has 0 aromatic carbocycles. The lowest BCUT2D eigenvalue weighted by Crippen LogP contribution is -2.35. The maximum atomic E-state index is 11.7. The number of carbonyl (C=O) groups is 2. The molecule has 128 valence electrons. The zero-order valence-corrected chi connectivity index (χ0v) is 14.0. The van der Waals surface area contributed by atoms with Crippen LogP contribution in [0.4, 0.5) is 0 Å². The molecule has 2 heterocycles. The van der Waals surface area contributed by atoms with Crippen LogP contribution in [0.2, 0.25) is 0 Å². The number of amides is 1. The number of ether oxygens (including phenoxy) is 1. The lowest BCUT2D eigenvalue weighted by Gasteiger charge is -2.11. The van der Waals surface area contributed by atoms with Crippen LogP contribution in [0.25, 0.3) is 11.4 Å². The number of hydrogen-bond acceptors (Lipinski definition) is 7. The van der Waals surface area contributed by atoms with Gasteiger partial charge in [0.05, 0.1) is 6.42 Å². The Bertz CT molecular complexity index is 677. The van der Waals surface area contributed by atoms with Crippen molar-refractivity contribution >= 4 is 23.2 Å². The second-order valence-electron chi connectivity index (χ2n) is 5.73. The summed E-state index contributed by atoms with van der Waals surface area (Å²) in [4.78, 5) is 27.6. The third-order valence-corrected chi connectivity index (χ3v) is 4.56. The molecule has 1 aliphatic rings.